The molecule has 2 heterocycles. The standard InChI is InChI=1S/C14H22N2O4/c1-3-16-4-5-19-12(9-16)8-15-7-11-6-13(14(17)18)10(2)20-11/h6,12,15H,3-5,7-9H2,1-2H3,(H,17,18). The summed E-state index contributed by atoms with van der Waals surface area (Å²) < 4.78 is 11.1. The number of aromatic carboxylic acids is 1. The highest BCUT2D eigenvalue weighted by Crippen LogP contribution is 2.14. The van der Waals surface area contributed by atoms with Crippen LogP contribution >= 0.6 is 0 Å². The zero-order valence-electron chi connectivity index (χ0n) is 12.0. The van der Waals surface area contributed by atoms with Crippen LogP contribution < -0.4 is 5.32 Å². The third kappa shape index (κ3) is 3.82. The molecule has 6 nitrogen and oxygen atoms in total. The molecule has 0 saturated carbocycles. The second kappa shape index (κ2) is 6.88. The van der Waals surface area contributed by atoms with Gasteiger partial charge in [-0.3, -0.25) is 4.90 Å². The number of carboxylic acids is 1. The quantitative estimate of drug-likeness (QED) is 0.813. The Morgan fingerprint density at radius 3 is 3.05 bits per heavy atom. The van der Waals surface area contributed by atoms with Crippen molar-refractivity contribution < 1.29 is 19.1 Å². The van der Waals surface area contributed by atoms with Gasteiger partial charge in [-0.1, -0.05) is 6.92 Å². The topological polar surface area (TPSA) is 74.9 Å². The van der Waals surface area contributed by atoms with E-state index in [-0.39, 0.29) is 11.7 Å². The van der Waals surface area contributed by atoms with Crippen LogP contribution in [0.3, 0.4) is 0 Å². The van der Waals surface area contributed by atoms with Gasteiger partial charge < -0.3 is 19.6 Å². The van der Waals surface area contributed by atoms with E-state index in [1.165, 1.54) is 0 Å². The number of likely N-dealkylation sites (N-methyl/N-ethyl adjacent to an activating group) is 1. The summed E-state index contributed by atoms with van der Waals surface area (Å²) in [7, 11) is 0. The van der Waals surface area contributed by atoms with Crippen LogP contribution in [-0.4, -0.2) is 54.9 Å². The predicted molar refractivity (Wildman–Crippen MR) is 74.0 cm³/mol. The number of rotatable bonds is 6. The predicted octanol–water partition coefficient (Wildman–Crippen LogP) is 1.10. The second-order valence-electron chi connectivity index (χ2n) is 5.00. The molecular formula is C14H22N2O4. The van der Waals surface area contributed by atoms with Gasteiger partial charge in [0, 0.05) is 19.6 Å². The molecule has 1 atom stereocenters. The molecule has 1 aromatic rings. The van der Waals surface area contributed by atoms with E-state index in [2.05, 4.69) is 17.1 Å². The number of carboxylic acid groups (broad SMARTS) is 1. The summed E-state index contributed by atoms with van der Waals surface area (Å²) in [4.78, 5) is 13.3. The van der Waals surface area contributed by atoms with Gasteiger partial charge in [-0.25, -0.2) is 4.79 Å². The lowest BCUT2D eigenvalue weighted by molar-refractivity contribution is -0.0255. The van der Waals surface area contributed by atoms with Crippen molar-refractivity contribution in [3.05, 3.63) is 23.2 Å². The van der Waals surface area contributed by atoms with Gasteiger partial charge in [0.25, 0.3) is 0 Å². The Bertz CT molecular complexity index is 458. The molecule has 1 aromatic heterocycles. The van der Waals surface area contributed by atoms with Crippen molar-refractivity contribution in [2.24, 2.45) is 0 Å². The third-order valence-corrected chi connectivity index (χ3v) is 3.54. The minimum atomic E-state index is -0.952. The van der Waals surface area contributed by atoms with Gasteiger partial charge in [-0.15, -0.1) is 0 Å². The number of nitrogens with one attached hydrogen (secondary N) is 1. The first kappa shape index (κ1) is 15.0. The normalized spacial score (nSPS) is 20.2. The van der Waals surface area contributed by atoms with Crippen LogP contribution in [-0.2, 0) is 11.3 Å². The molecular weight excluding hydrogens is 260 g/mol. The number of ether oxygens (including phenoxy) is 1. The minimum Gasteiger partial charge on any atom is -0.478 e. The Labute approximate surface area is 118 Å². The zero-order chi connectivity index (χ0) is 14.5. The average Bonchev–Trinajstić information content (AvgIpc) is 2.80. The lowest BCUT2D eigenvalue weighted by Crippen LogP contribution is -2.46. The third-order valence-electron chi connectivity index (χ3n) is 3.54. The summed E-state index contributed by atoms with van der Waals surface area (Å²) in [5.41, 5.74) is 0.230. The molecule has 1 saturated heterocycles. The van der Waals surface area contributed by atoms with Crippen molar-refractivity contribution >= 4 is 5.97 Å². The van der Waals surface area contributed by atoms with Crippen molar-refractivity contribution in [2.75, 3.05) is 32.8 Å². The van der Waals surface area contributed by atoms with E-state index in [1.54, 1.807) is 13.0 Å². The van der Waals surface area contributed by atoms with Crippen LogP contribution in [0.2, 0.25) is 0 Å². The summed E-state index contributed by atoms with van der Waals surface area (Å²) in [6.07, 6.45) is 0.179. The van der Waals surface area contributed by atoms with Gasteiger partial charge in [-0.05, 0) is 19.5 Å². The largest absolute Gasteiger partial charge is 0.478 e. The number of hydrogen-bond acceptors (Lipinski definition) is 5. The van der Waals surface area contributed by atoms with Gasteiger partial charge in [0.1, 0.15) is 17.1 Å². The highest BCUT2D eigenvalue weighted by molar-refractivity contribution is 5.88. The first-order valence-corrected chi connectivity index (χ1v) is 6.97. The molecule has 2 N–H and O–H groups in total. The second-order valence-corrected chi connectivity index (χ2v) is 5.00. The molecule has 0 amide bonds. The Morgan fingerprint density at radius 2 is 2.40 bits per heavy atom. The molecule has 0 bridgehead atoms. The van der Waals surface area contributed by atoms with Crippen LogP contribution in [0.5, 0.6) is 0 Å². The molecule has 6 heteroatoms. The fraction of sp³-hybridized carbons (Fsp3) is 0.643. The molecule has 2 rings (SSSR count). The number of furan rings is 1. The minimum absolute atomic E-state index is 0.179. The maximum atomic E-state index is 10.9. The molecule has 20 heavy (non-hydrogen) atoms. The number of nitrogens with zero attached hydrogens (tertiary/aromatic N) is 1. The van der Waals surface area contributed by atoms with E-state index in [4.69, 9.17) is 14.3 Å². The molecule has 1 unspecified atom stereocenters. The summed E-state index contributed by atoms with van der Waals surface area (Å²) in [5, 5.41) is 12.2. The van der Waals surface area contributed by atoms with E-state index in [0.29, 0.717) is 18.1 Å². The smallest absolute Gasteiger partial charge is 0.339 e. The van der Waals surface area contributed by atoms with Gasteiger partial charge in [0.2, 0.25) is 0 Å². The Morgan fingerprint density at radius 1 is 1.60 bits per heavy atom. The fourth-order valence-electron chi connectivity index (χ4n) is 2.39. The molecule has 1 fully saturated rings. The molecule has 1 aliphatic rings. The van der Waals surface area contributed by atoms with Crippen LogP contribution in [0.15, 0.2) is 10.5 Å². The van der Waals surface area contributed by atoms with Crippen molar-refractivity contribution in [1.29, 1.82) is 0 Å². The Balaban J connectivity index is 1.78. The van der Waals surface area contributed by atoms with E-state index >= 15 is 0 Å². The van der Waals surface area contributed by atoms with Crippen molar-refractivity contribution in [3.63, 3.8) is 0 Å². The zero-order valence-corrected chi connectivity index (χ0v) is 12.0. The molecule has 0 aromatic carbocycles. The monoisotopic (exact) mass is 282 g/mol. The van der Waals surface area contributed by atoms with Gasteiger partial charge in [0.05, 0.1) is 19.3 Å². The first-order chi connectivity index (χ1) is 9.60. The van der Waals surface area contributed by atoms with Crippen LogP contribution in [0, 0.1) is 6.92 Å². The summed E-state index contributed by atoms with van der Waals surface area (Å²) in [6, 6.07) is 1.57. The van der Waals surface area contributed by atoms with E-state index in [0.717, 1.165) is 32.8 Å². The van der Waals surface area contributed by atoms with Crippen molar-refractivity contribution in [2.45, 2.75) is 26.5 Å². The SMILES string of the molecule is CCN1CCOC(CNCc2cc(C(=O)O)c(C)o2)C1. The molecule has 112 valence electrons. The lowest BCUT2D eigenvalue weighted by Gasteiger charge is -2.32. The maximum absolute atomic E-state index is 10.9. The van der Waals surface area contributed by atoms with Gasteiger partial charge in [0.15, 0.2) is 0 Å². The van der Waals surface area contributed by atoms with E-state index in [1.807, 2.05) is 0 Å². The van der Waals surface area contributed by atoms with Crippen LogP contribution in [0.4, 0.5) is 0 Å². The van der Waals surface area contributed by atoms with Gasteiger partial charge >= 0.3 is 5.97 Å². The Hall–Kier alpha value is -1.37. The molecule has 0 spiro atoms. The van der Waals surface area contributed by atoms with E-state index in [9.17, 15) is 4.79 Å². The lowest BCUT2D eigenvalue weighted by atomic mass is 10.2. The molecule has 1 aliphatic heterocycles. The average molecular weight is 282 g/mol. The maximum Gasteiger partial charge on any atom is 0.339 e. The van der Waals surface area contributed by atoms with E-state index < -0.39 is 5.97 Å². The van der Waals surface area contributed by atoms with Crippen molar-refractivity contribution in [1.82, 2.24) is 10.2 Å². The number of morpholine rings is 1. The highest BCUT2D eigenvalue weighted by atomic mass is 16.5. The summed E-state index contributed by atoms with van der Waals surface area (Å²) in [6.45, 7) is 8.79. The highest BCUT2D eigenvalue weighted by Gasteiger charge is 2.19. The summed E-state index contributed by atoms with van der Waals surface area (Å²) in [5.74, 6) is 0.134. The first-order valence-electron chi connectivity index (χ1n) is 6.97. The Kier molecular flexibility index (Phi) is 5.17. The number of aryl methyl sites for hydroxylation is 1. The summed E-state index contributed by atoms with van der Waals surface area (Å²) >= 11 is 0. The van der Waals surface area contributed by atoms with Crippen molar-refractivity contribution in [3.8, 4) is 0 Å². The molecule has 0 radical (unpaired) electrons. The molecule has 0 aliphatic carbocycles. The fourth-order valence-corrected chi connectivity index (χ4v) is 2.39. The number of hydrogen-bond donors (Lipinski definition) is 2. The number of carbonyl (C=O) groups is 1. The van der Waals surface area contributed by atoms with Crippen LogP contribution in [0.1, 0.15) is 28.8 Å². The van der Waals surface area contributed by atoms with Gasteiger partial charge in [-0.2, -0.15) is 0 Å². The van der Waals surface area contributed by atoms with Crippen LogP contribution in [0.25, 0.3) is 0 Å².